The van der Waals surface area contributed by atoms with Gasteiger partial charge in [-0.15, -0.1) is 0 Å². The van der Waals surface area contributed by atoms with E-state index in [1.807, 2.05) is 0 Å². The van der Waals surface area contributed by atoms with Crippen molar-refractivity contribution in [2.24, 2.45) is 28.4 Å². The molecule has 0 saturated heterocycles. The third-order valence-corrected chi connectivity index (χ3v) is 3.68. The number of carbonyl (C=O) groups excluding carboxylic acids is 1. The standard InChI is InChI=1S/C13H27NO/c1-9(2)13(6,7)8-10(11(14)15)12(3,4)5/h9-10H,8H2,1-7H3,(H2,14,15). The van der Waals surface area contributed by atoms with Crippen LogP contribution in [0.5, 0.6) is 0 Å². The van der Waals surface area contributed by atoms with E-state index in [-0.39, 0.29) is 22.7 Å². The van der Waals surface area contributed by atoms with Crippen molar-refractivity contribution < 1.29 is 4.79 Å². The second-order valence-electron chi connectivity index (χ2n) is 6.67. The first-order chi connectivity index (χ1) is 6.48. The van der Waals surface area contributed by atoms with E-state index in [1.54, 1.807) is 0 Å². The fourth-order valence-electron chi connectivity index (χ4n) is 1.60. The number of primary amides is 1. The van der Waals surface area contributed by atoms with Gasteiger partial charge in [-0.1, -0.05) is 48.5 Å². The van der Waals surface area contributed by atoms with E-state index >= 15 is 0 Å². The van der Waals surface area contributed by atoms with Crippen molar-refractivity contribution >= 4 is 5.91 Å². The minimum atomic E-state index is -0.170. The molecule has 0 aromatic rings. The molecule has 0 aromatic heterocycles. The lowest BCUT2D eigenvalue weighted by Gasteiger charge is -2.37. The highest BCUT2D eigenvalue weighted by Gasteiger charge is 2.36. The number of hydrogen-bond acceptors (Lipinski definition) is 1. The molecule has 0 heterocycles. The maximum atomic E-state index is 11.5. The van der Waals surface area contributed by atoms with Crippen LogP contribution >= 0.6 is 0 Å². The quantitative estimate of drug-likeness (QED) is 0.765. The summed E-state index contributed by atoms with van der Waals surface area (Å²) < 4.78 is 0. The Morgan fingerprint density at radius 3 is 1.73 bits per heavy atom. The second-order valence-corrected chi connectivity index (χ2v) is 6.67. The number of rotatable bonds is 4. The molecule has 0 saturated carbocycles. The van der Waals surface area contributed by atoms with Crippen molar-refractivity contribution in [2.75, 3.05) is 0 Å². The van der Waals surface area contributed by atoms with Crippen molar-refractivity contribution in [1.29, 1.82) is 0 Å². The van der Waals surface area contributed by atoms with Crippen molar-refractivity contribution in [3.8, 4) is 0 Å². The topological polar surface area (TPSA) is 43.1 Å². The van der Waals surface area contributed by atoms with Crippen LogP contribution in [0.25, 0.3) is 0 Å². The maximum Gasteiger partial charge on any atom is 0.221 e. The van der Waals surface area contributed by atoms with Gasteiger partial charge in [-0.3, -0.25) is 4.79 Å². The smallest absolute Gasteiger partial charge is 0.221 e. The largest absolute Gasteiger partial charge is 0.369 e. The molecule has 90 valence electrons. The molecule has 0 aliphatic heterocycles. The molecule has 0 aliphatic rings. The van der Waals surface area contributed by atoms with Crippen LogP contribution in [0.3, 0.4) is 0 Å². The van der Waals surface area contributed by atoms with Gasteiger partial charge in [0.25, 0.3) is 0 Å². The van der Waals surface area contributed by atoms with E-state index in [0.29, 0.717) is 5.92 Å². The molecule has 1 atom stereocenters. The van der Waals surface area contributed by atoms with Crippen molar-refractivity contribution in [1.82, 2.24) is 0 Å². The predicted octanol–water partition coefficient (Wildman–Crippen LogP) is 3.21. The molecular weight excluding hydrogens is 186 g/mol. The predicted molar refractivity (Wildman–Crippen MR) is 65.4 cm³/mol. The molecule has 0 radical (unpaired) electrons. The number of carbonyl (C=O) groups is 1. The third kappa shape index (κ3) is 4.23. The number of hydrogen-bond donors (Lipinski definition) is 1. The Kier molecular flexibility index (Phi) is 4.38. The van der Waals surface area contributed by atoms with Crippen molar-refractivity contribution in [3.05, 3.63) is 0 Å². The van der Waals surface area contributed by atoms with Gasteiger partial charge in [0.1, 0.15) is 0 Å². The summed E-state index contributed by atoms with van der Waals surface area (Å²) in [6.45, 7) is 15.1. The Morgan fingerprint density at radius 1 is 1.13 bits per heavy atom. The van der Waals surface area contributed by atoms with E-state index < -0.39 is 0 Å². The van der Waals surface area contributed by atoms with Gasteiger partial charge in [0, 0.05) is 5.92 Å². The van der Waals surface area contributed by atoms with Gasteiger partial charge in [0.05, 0.1) is 0 Å². The molecule has 0 rings (SSSR count). The Morgan fingerprint density at radius 2 is 1.53 bits per heavy atom. The maximum absolute atomic E-state index is 11.5. The van der Waals surface area contributed by atoms with Gasteiger partial charge in [-0.25, -0.2) is 0 Å². The van der Waals surface area contributed by atoms with Crippen LogP contribution in [0.1, 0.15) is 54.9 Å². The Balaban J connectivity index is 4.79. The fourth-order valence-corrected chi connectivity index (χ4v) is 1.60. The lowest BCUT2D eigenvalue weighted by atomic mass is 9.67. The Bertz CT molecular complexity index is 223. The van der Waals surface area contributed by atoms with Crippen LogP contribution in [-0.4, -0.2) is 5.91 Å². The van der Waals surface area contributed by atoms with Gasteiger partial charge in [-0.2, -0.15) is 0 Å². The molecule has 0 aromatic carbocycles. The zero-order chi connectivity index (χ0) is 12.4. The molecule has 0 aliphatic carbocycles. The zero-order valence-electron chi connectivity index (χ0n) is 11.3. The van der Waals surface area contributed by atoms with Crippen LogP contribution in [0.4, 0.5) is 0 Å². The van der Waals surface area contributed by atoms with E-state index in [0.717, 1.165) is 6.42 Å². The molecule has 1 unspecified atom stereocenters. The Hall–Kier alpha value is -0.530. The SMILES string of the molecule is CC(C)C(C)(C)CC(C(N)=O)C(C)(C)C. The van der Waals surface area contributed by atoms with Gasteiger partial charge in [0.15, 0.2) is 0 Å². The first-order valence-corrected chi connectivity index (χ1v) is 5.78. The highest BCUT2D eigenvalue weighted by atomic mass is 16.1. The van der Waals surface area contributed by atoms with Crippen LogP contribution in [0, 0.1) is 22.7 Å². The average molecular weight is 213 g/mol. The summed E-state index contributed by atoms with van der Waals surface area (Å²) in [5.41, 5.74) is 5.61. The average Bonchev–Trinajstić information content (AvgIpc) is 1.97. The molecule has 2 nitrogen and oxygen atoms in total. The summed E-state index contributed by atoms with van der Waals surface area (Å²) in [5.74, 6) is 0.341. The number of amides is 1. The molecule has 1 amide bonds. The summed E-state index contributed by atoms with van der Waals surface area (Å²) in [5, 5.41) is 0. The van der Waals surface area contributed by atoms with Crippen LogP contribution in [-0.2, 0) is 4.79 Å². The summed E-state index contributed by atoms with van der Waals surface area (Å²) in [7, 11) is 0. The summed E-state index contributed by atoms with van der Waals surface area (Å²) in [6, 6.07) is 0. The highest BCUT2D eigenvalue weighted by molar-refractivity contribution is 5.77. The van der Waals surface area contributed by atoms with Gasteiger partial charge < -0.3 is 5.73 Å². The zero-order valence-corrected chi connectivity index (χ0v) is 11.3. The van der Waals surface area contributed by atoms with Crippen molar-refractivity contribution in [2.45, 2.75) is 54.9 Å². The molecule has 0 bridgehead atoms. The van der Waals surface area contributed by atoms with Gasteiger partial charge in [0.2, 0.25) is 5.91 Å². The van der Waals surface area contributed by atoms with Gasteiger partial charge >= 0.3 is 0 Å². The fraction of sp³-hybridized carbons (Fsp3) is 0.923. The third-order valence-electron chi connectivity index (χ3n) is 3.68. The Labute approximate surface area is 94.6 Å². The second kappa shape index (κ2) is 4.54. The molecule has 2 heteroatoms. The first-order valence-electron chi connectivity index (χ1n) is 5.78. The summed E-state index contributed by atoms with van der Waals surface area (Å²) >= 11 is 0. The number of nitrogens with two attached hydrogens (primary N) is 1. The summed E-state index contributed by atoms with van der Waals surface area (Å²) in [6.07, 6.45) is 0.865. The van der Waals surface area contributed by atoms with E-state index in [9.17, 15) is 4.79 Å². The molecule has 15 heavy (non-hydrogen) atoms. The van der Waals surface area contributed by atoms with Crippen LogP contribution in [0.2, 0.25) is 0 Å². The van der Waals surface area contributed by atoms with E-state index in [1.165, 1.54) is 0 Å². The van der Waals surface area contributed by atoms with Gasteiger partial charge in [-0.05, 0) is 23.2 Å². The van der Waals surface area contributed by atoms with Crippen LogP contribution in [0.15, 0.2) is 0 Å². The van der Waals surface area contributed by atoms with E-state index in [4.69, 9.17) is 5.73 Å². The molecular formula is C13H27NO. The minimum absolute atomic E-state index is 0.0437. The van der Waals surface area contributed by atoms with E-state index in [2.05, 4.69) is 48.5 Å². The minimum Gasteiger partial charge on any atom is -0.369 e. The monoisotopic (exact) mass is 213 g/mol. The molecule has 2 N–H and O–H groups in total. The molecule has 0 spiro atoms. The molecule has 0 fully saturated rings. The lowest BCUT2D eigenvalue weighted by Crippen LogP contribution is -2.38. The lowest BCUT2D eigenvalue weighted by molar-refractivity contribution is -0.126. The normalized spacial score (nSPS) is 15.5. The van der Waals surface area contributed by atoms with Crippen LogP contribution < -0.4 is 5.73 Å². The summed E-state index contributed by atoms with van der Waals surface area (Å²) in [4.78, 5) is 11.5. The first kappa shape index (κ1) is 14.5. The van der Waals surface area contributed by atoms with Crippen molar-refractivity contribution in [3.63, 3.8) is 0 Å². The highest BCUT2D eigenvalue weighted by Crippen LogP contribution is 2.39.